The molecule has 0 radical (unpaired) electrons. The lowest BCUT2D eigenvalue weighted by atomic mass is 9.91. The molecule has 174 valence electrons. The number of piperidine rings is 1. The van der Waals surface area contributed by atoms with E-state index in [1.807, 2.05) is 0 Å². The third-order valence-electron chi connectivity index (χ3n) is 5.38. The van der Waals surface area contributed by atoms with Crippen LogP contribution in [0.15, 0.2) is 34.9 Å². The zero-order valence-electron chi connectivity index (χ0n) is 17.6. The minimum atomic E-state index is -1.26. The zero-order valence-corrected chi connectivity index (χ0v) is 17.6. The van der Waals surface area contributed by atoms with Gasteiger partial charge < -0.3 is 29.1 Å². The molecule has 2 saturated heterocycles. The van der Waals surface area contributed by atoms with Crippen molar-refractivity contribution in [3.8, 4) is 0 Å². The minimum Gasteiger partial charge on any atom is -0.478 e. The maximum atomic E-state index is 13.3. The van der Waals surface area contributed by atoms with Crippen LogP contribution in [0.1, 0.15) is 37.3 Å². The third kappa shape index (κ3) is 7.11. The molecule has 0 aliphatic carbocycles. The van der Waals surface area contributed by atoms with Crippen LogP contribution in [0, 0.1) is 5.82 Å². The minimum absolute atomic E-state index is 0.0362. The topological polar surface area (TPSA) is 122 Å². The molecule has 9 nitrogen and oxygen atoms in total. The molecule has 2 aliphatic heterocycles. The highest BCUT2D eigenvalue weighted by atomic mass is 19.1. The summed E-state index contributed by atoms with van der Waals surface area (Å²) in [6, 6.07) is 4.66. The van der Waals surface area contributed by atoms with Gasteiger partial charge in [0.05, 0.1) is 18.9 Å². The average molecular weight is 450 g/mol. The fourth-order valence-corrected chi connectivity index (χ4v) is 3.79. The molecule has 1 aromatic carbocycles. The van der Waals surface area contributed by atoms with E-state index >= 15 is 0 Å². The Labute approximate surface area is 184 Å². The van der Waals surface area contributed by atoms with Crippen molar-refractivity contribution in [3.63, 3.8) is 0 Å². The van der Waals surface area contributed by atoms with Gasteiger partial charge in [-0.25, -0.2) is 14.0 Å². The van der Waals surface area contributed by atoms with Gasteiger partial charge in [0.15, 0.2) is 11.9 Å². The number of nitrogens with zero attached hydrogens (tertiary/aromatic N) is 2. The van der Waals surface area contributed by atoms with Crippen LogP contribution in [0.5, 0.6) is 0 Å². The van der Waals surface area contributed by atoms with Crippen molar-refractivity contribution >= 4 is 22.9 Å². The van der Waals surface area contributed by atoms with Crippen molar-refractivity contribution in [2.75, 3.05) is 32.8 Å². The van der Waals surface area contributed by atoms with Gasteiger partial charge in [-0.3, -0.25) is 0 Å². The van der Waals surface area contributed by atoms with E-state index in [4.69, 9.17) is 24.2 Å². The Balaban J connectivity index is 0.000000312. The Hall–Kier alpha value is -2.82. The number of rotatable bonds is 6. The number of benzene rings is 1. The number of fused-ring (bicyclic) bond motifs is 1. The summed E-state index contributed by atoms with van der Waals surface area (Å²) in [4.78, 5) is 21.6. The summed E-state index contributed by atoms with van der Waals surface area (Å²) in [5, 5.41) is 20.8. The largest absolute Gasteiger partial charge is 0.478 e. The van der Waals surface area contributed by atoms with Crippen LogP contribution in [-0.4, -0.2) is 71.3 Å². The van der Waals surface area contributed by atoms with Gasteiger partial charge in [0.2, 0.25) is 0 Å². The van der Waals surface area contributed by atoms with Gasteiger partial charge in [-0.15, -0.1) is 0 Å². The molecule has 32 heavy (non-hydrogen) atoms. The second kappa shape index (κ2) is 11.7. The summed E-state index contributed by atoms with van der Waals surface area (Å²) < 4.78 is 29.8. The van der Waals surface area contributed by atoms with Gasteiger partial charge in [-0.05, 0) is 44.5 Å². The molecular formula is C22H27FN2O7. The molecule has 0 amide bonds. The number of hydrogen-bond donors (Lipinski definition) is 2. The lowest BCUT2D eigenvalue weighted by molar-refractivity contribution is -0.182. The van der Waals surface area contributed by atoms with Crippen molar-refractivity contribution in [1.29, 1.82) is 0 Å². The number of carboxylic acids is 2. The van der Waals surface area contributed by atoms with Crippen molar-refractivity contribution in [1.82, 2.24) is 10.1 Å². The molecule has 3 heterocycles. The van der Waals surface area contributed by atoms with E-state index in [2.05, 4.69) is 10.1 Å². The summed E-state index contributed by atoms with van der Waals surface area (Å²) in [5.41, 5.74) is 1.52. The molecule has 0 atom stereocenters. The number of likely N-dealkylation sites (tertiary alicyclic amines) is 1. The van der Waals surface area contributed by atoms with Crippen LogP contribution in [0.4, 0.5) is 4.39 Å². The highest BCUT2D eigenvalue weighted by Crippen LogP contribution is 2.32. The van der Waals surface area contributed by atoms with Gasteiger partial charge in [0.25, 0.3) is 0 Å². The fourth-order valence-electron chi connectivity index (χ4n) is 3.79. The van der Waals surface area contributed by atoms with Crippen LogP contribution in [-0.2, 0) is 19.1 Å². The van der Waals surface area contributed by atoms with Gasteiger partial charge in [-0.2, -0.15) is 0 Å². The lowest BCUT2D eigenvalue weighted by Crippen LogP contribution is -2.36. The van der Waals surface area contributed by atoms with E-state index in [-0.39, 0.29) is 12.1 Å². The summed E-state index contributed by atoms with van der Waals surface area (Å²) in [7, 11) is 0. The quantitative estimate of drug-likeness (QED) is 0.639. The number of hydrogen-bond acceptors (Lipinski definition) is 7. The van der Waals surface area contributed by atoms with E-state index in [9.17, 15) is 14.0 Å². The number of carbonyl (C=O) groups is 2. The first-order valence-corrected chi connectivity index (χ1v) is 10.6. The summed E-state index contributed by atoms with van der Waals surface area (Å²) >= 11 is 0. The number of aliphatic carboxylic acids is 2. The Morgan fingerprint density at radius 3 is 2.41 bits per heavy atom. The Bertz CT molecular complexity index is 916. The molecule has 0 unspecified atom stereocenters. The zero-order chi connectivity index (χ0) is 22.9. The van der Waals surface area contributed by atoms with Crippen LogP contribution >= 0.6 is 0 Å². The maximum absolute atomic E-state index is 13.3. The second-order valence-electron chi connectivity index (χ2n) is 7.65. The first-order chi connectivity index (χ1) is 15.4. The number of aromatic nitrogens is 1. The average Bonchev–Trinajstić information content (AvgIpc) is 3.21. The van der Waals surface area contributed by atoms with Crippen LogP contribution < -0.4 is 0 Å². The van der Waals surface area contributed by atoms with Gasteiger partial charge in [0.1, 0.15) is 5.82 Å². The Morgan fingerprint density at radius 1 is 1.12 bits per heavy atom. The predicted molar refractivity (Wildman–Crippen MR) is 112 cm³/mol. The van der Waals surface area contributed by atoms with Crippen LogP contribution in [0.2, 0.25) is 0 Å². The SMILES string of the molecule is Fc1ccc2c(C3CCN(CCC4OCCCO4)CC3)noc2c1.O=C(O)C=CC(=O)O. The van der Waals surface area contributed by atoms with E-state index in [1.165, 1.54) is 12.1 Å². The van der Waals surface area contributed by atoms with E-state index in [1.54, 1.807) is 6.07 Å². The highest BCUT2D eigenvalue weighted by Gasteiger charge is 2.26. The lowest BCUT2D eigenvalue weighted by Gasteiger charge is -2.32. The van der Waals surface area contributed by atoms with Gasteiger partial charge in [-0.1, -0.05) is 5.16 Å². The molecule has 2 N–H and O–H groups in total. The molecule has 2 fully saturated rings. The molecule has 1 aromatic heterocycles. The fraction of sp³-hybridized carbons (Fsp3) is 0.500. The van der Waals surface area contributed by atoms with Gasteiger partial charge in [0, 0.05) is 42.5 Å². The summed E-state index contributed by atoms with van der Waals surface area (Å²) in [5.74, 6) is -2.41. The van der Waals surface area contributed by atoms with E-state index < -0.39 is 11.9 Å². The second-order valence-corrected chi connectivity index (χ2v) is 7.65. The number of carboxylic acid groups (broad SMARTS) is 2. The van der Waals surface area contributed by atoms with Crippen molar-refractivity contribution in [2.24, 2.45) is 0 Å². The van der Waals surface area contributed by atoms with Crippen LogP contribution in [0.25, 0.3) is 11.0 Å². The van der Waals surface area contributed by atoms with Crippen molar-refractivity contribution in [2.45, 2.75) is 37.9 Å². The van der Waals surface area contributed by atoms with Crippen molar-refractivity contribution < 1.29 is 38.2 Å². The smallest absolute Gasteiger partial charge is 0.328 e. The molecule has 0 spiro atoms. The molecule has 4 rings (SSSR count). The molecular weight excluding hydrogens is 423 g/mol. The highest BCUT2D eigenvalue weighted by molar-refractivity contribution is 5.89. The standard InChI is InChI=1S/C18H23FN2O3.C4H4O4/c19-14-2-3-15-16(12-14)24-20-18(15)13-4-7-21(8-5-13)9-6-17-22-10-1-11-23-17;5-3(6)1-2-4(7)8/h2-3,12-13,17H,1,4-11H2;1-2H,(H,5,6)(H,7,8). The normalized spacial score (nSPS) is 18.5. The first-order valence-electron chi connectivity index (χ1n) is 10.6. The molecule has 0 saturated carbocycles. The molecule has 2 aromatic rings. The van der Waals surface area contributed by atoms with E-state index in [0.29, 0.717) is 23.7 Å². The van der Waals surface area contributed by atoms with Gasteiger partial charge >= 0.3 is 11.9 Å². The molecule has 2 aliphatic rings. The summed E-state index contributed by atoms with van der Waals surface area (Å²) in [6.45, 7) is 4.70. The monoisotopic (exact) mass is 450 g/mol. The predicted octanol–water partition coefficient (Wildman–Crippen LogP) is 3.01. The first kappa shape index (κ1) is 23.8. The van der Waals surface area contributed by atoms with E-state index in [0.717, 1.165) is 69.6 Å². The molecule has 10 heteroatoms. The third-order valence-corrected chi connectivity index (χ3v) is 5.38. The maximum Gasteiger partial charge on any atom is 0.328 e. The van der Waals surface area contributed by atoms with Crippen molar-refractivity contribution in [3.05, 3.63) is 41.9 Å². The Kier molecular flexibility index (Phi) is 8.72. The molecule has 0 bridgehead atoms. The number of ether oxygens (including phenoxy) is 2. The number of halogens is 1. The van der Waals surface area contributed by atoms with Crippen LogP contribution in [0.3, 0.4) is 0 Å². The summed E-state index contributed by atoms with van der Waals surface area (Å²) in [6.07, 6.45) is 5.10. The Morgan fingerprint density at radius 2 is 1.78 bits per heavy atom.